The Morgan fingerprint density at radius 3 is 2.81 bits per heavy atom. The van der Waals surface area contributed by atoms with Crippen LogP contribution in [-0.2, 0) is 21.2 Å². The number of carbonyl (C=O) groups excluding carboxylic acids is 1. The Kier molecular flexibility index (Phi) is 5.43. The summed E-state index contributed by atoms with van der Waals surface area (Å²) in [6.07, 6.45) is 4.24. The normalized spacial score (nSPS) is 11.4. The maximum absolute atomic E-state index is 12.2. The molecule has 0 fully saturated rings. The number of nitrogens with zero attached hydrogens (tertiary/aromatic N) is 3. The van der Waals surface area contributed by atoms with Gasteiger partial charge in [-0.1, -0.05) is 23.9 Å². The Labute approximate surface area is 154 Å². The molecule has 0 atom stereocenters. The van der Waals surface area contributed by atoms with Crippen LogP contribution in [0.2, 0.25) is 0 Å². The number of thioether (sulfide) groups is 1. The molecular formula is C16H16N4O4S2. The zero-order valence-corrected chi connectivity index (χ0v) is 15.5. The van der Waals surface area contributed by atoms with E-state index in [4.69, 9.17) is 4.42 Å². The lowest BCUT2D eigenvalue weighted by atomic mass is 10.3. The maximum atomic E-state index is 12.2. The van der Waals surface area contributed by atoms with Crippen molar-refractivity contribution in [2.24, 2.45) is 0 Å². The molecule has 3 aromatic rings. The van der Waals surface area contributed by atoms with Crippen molar-refractivity contribution < 1.29 is 17.6 Å². The number of aromatic nitrogens is 3. The van der Waals surface area contributed by atoms with Gasteiger partial charge in [0.25, 0.3) is 0 Å². The fourth-order valence-electron chi connectivity index (χ4n) is 2.24. The van der Waals surface area contributed by atoms with E-state index in [9.17, 15) is 13.2 Å². The van der Waals surface area contributed by atoms with Gasteiger partial charge in [0.15, 0.2) is 15.0 Å². The highest BCUT2D eigenvalue weighted by atomic mass is 32.2. The van der Waals surface area contributed by atoms with Gasteiger partial charge in [0.1, 0.15) is 12.1 Å². The molecule has 136 valence electrons. The Morgan fingerprint density at radius 1 is 1.27 bits per heavy atom. The first-order valence-corrected chi connectivity index (χ1v) is 10.4. The van der Waals surface area contributed by atoms with Gasteiger partial charge in [-0.3, -0.25) is 4.79 Å². The molecular weight excluding hydrogens is 376 g/mol. The zero-order chi connectivity index (χ0) is 18.6. The van der Waals surface area contributed by atoms with Crippen molar-refractivity contribution in [3.05, 3.63) is 54.7 Å². The Balaban J connectivity index is 1.63. The number of hydrogen-bond acceptors (Lipinski definition) is 7. The highest BCUT2D eigenvalue weighted by Gasteiger charge is 2.15. The summed E-state index contributed by atoms with van der Waals surface area (Å²) >= 11 is 1.20. The van der Waals surface area contributed by atoms with Crippen molar-refractivity contribution in [1.82, 2.24) is 14.8 Å². The minimum Gasteiger partial charge on any atom is -0.467 e. The number of carbonyl (C=O) groups is 1. The third-order valence-electron chi connectivity index (χ3n) is 3.38. The number of sulfone groups is 1. The average Bonchev–Trinajstić information content (AvgIpc) is 3.25. The molecule has 0 bridgehead atoms. The maximum Gasteiger partial charge on any atom is 0.234 e. The highest BCUT2D eigenvalue weighted by molar-refractivity contribution is 7.99. The van der Waals surface area contributed by atoms with E-state index in [-0.39, 0.29) is 22.2 Å². The minimum absolute atomic E-state index is 0.0644. The minimum atomic E-state index is -3.43. The fraction of sp³-hybridized carbons (Fsp3) is 0.188. The summed E-state index contributed by atoms with van der Waals surface area (Å²) in [7, 11) is -3.43. The van der Waals surface area contributed by atoms with Crippen molar-refractivity contribution in [3.8, 4) is 0 Å². The van der Waals surface area contributed by atoms with Gasteiger partial charge in [0, 0.05) is 6.26 Å². The summed E-state index contributed by atoms with van der Waals surface area (Å²) < 4.78 is 30.6. The largest absolute Gasteiger partial charge is 0.467 e. The third kappa shape index (κ3) is 4.52. The number of amides is 1. The van der Waals surface area contributed by atoms with Crippen LogP contribution in [0.15, 0.2) is 63.5 Å². The Bertz CT molecular complexity index is 997. The fourth-order valence-corrected chi connectivity index (χ4v) is 3.80. The van der Waals surface area contributed by atoms with Gasteiger partial charge in [-0.05, 0) is 24.3 Å². The van der Waals surface area contributed by atoms with Gasteiger partial charge in [-0.25, -0.2) is 8.42 Å². The molecule has 1 amide bonds. The van der Waals surface area contributed by atoms with Crippen LogP contribution in [-0.4, -0.2) is 41.1 Å². The first kappa shape index (κ1) is 18.2. The first-order valence-electron chi connectivity index (χ1n) is 7.55. The van der Waals surface area contributed by atoms with Crippen molar-refractivity contribution in [2.45, 2.75) is 16.6 Å². The van der Waals surface area contributed by atoms with Gasteiger partial charge in [0.05, 0.1) is 29.1 Å². The number of hydrogen-bond donors (Lipinski definition) is 1. The SMILES string of the molecule is CS(=O)(=O)c1ccccc1NC(=O)CSc1nncn1Cc1ccco1. The van der Waals surface area contributed by atoms with E-state index in [2.05, 4.69) is 15.5 Å². The summed E-state index contributed by atoms with van der Waals surface area (Å²) in [5.74, 6) is 0.478. The van der Waals surface area contributed by atoms with E-state index in [1.54, 1.807) is 41.4 Å². The molecule has 0 spiro atoms. The van der Waals surface area contributed by atoms with Crippen molar-refractivity contribution >= 4 is 33.2 Å². The third-order valence-corrected chi connectivity index (χ3v) is 5.52. The molecule has 0 aliphatic carbocycles. The molecule has 2 heterocycles. The smallest absolute Gasteiger partial charge is 0.234 e. The molecule has 0 unspecified atom stereocenters. The second-order valence-corrected chi connectivity index (χ2v) is 8.35. The molecule has 0 saturated heterocycles. The van der Waals surface area contributed by atoms with Crippen molar-refractivity contribution in [1.29, 1.82) is 0 Å². The Morgan fingerprint density at radius 2 is 2.08 bits per heavy atom. The topological polar surface area (TPSA) is 107 Å². The molecule has 0 aliphatic rings. The van der Waals surface area contributed by atoms with E-state index >= 15 is 0 Å². The lowest BCUT2D eigenvalue weighted by molar-refractivity contribution is -0.113. The molecule has 8 nitrogen and oxygen atoms in total. The van der Waals surface area contributed by atoms with Crippen LogP contribution in [0, 0.1) is 0 Å². The van der Waals surface area contributed by atoms with E-state index < -0.39 is 9.84 Å². The van der Waals surface area contributed by atoms with Gasteiger partial charge in [0.2, 0.25) is 5.91 Å². The molecule has 2 aromatic heterocycles. The van der Waals surface area contributed by atoms with E-state index in [1.165, 1.54) is 17.8 Å². The molecule has 1 N–H and O–H groups in total. The lowest BCUT2D eigenvalue weighted by Crippen LogP contribution is -2.16. The average molecular weight is 392 g/mol. The van der Waals surface area contributed by atoms with Crippen LogP contribution >= 0.6 is 11.8 Å². The molecule has 26 heavy (non-hydrogen) atoms. The molecule has 10 heteroatoms. The van der Waals surface area contributed by atoms with Crippen LogP contribution in [0.1, 0.15) is 5.76 Å². The summed E-state index contributed by atoms with van der Waals surface area (Å²) in [5, 5.41) is 11.0. The van der Waals surface area contributed by atoms with E-state index in [0.29, 0.717) is 11.7 Å². The lowest BCUT2D eigenvalue weighted by Gasteiger charge is -2.09. The van der Waals surface area contributed by atoms with Gasteiger partial charge in [-0.2, -0.15) is 0 Å². The monoisotopic (exact) mass is 392 g/mol. The number of para-hydroxylation sites is 1. The summed E-state index contributed by atoms with van der Waals surface area (Å²) in [6.45, 7) is 0.459. The first-order chi connectivity index (χ1) is 12.4. The predicted octanol–water partition coefficient (Wildman–Crippen LogP) is 2.05. The van der Waals surface area contributed by atoms with Gasteiger partial charge in [-0.15, -0.1) is 10.2 Å². The second-order valence-electron chi connectivity index (χ2n) is 5.43. The van der Waals surface area contributed by atoms with Crippen LogP contribution < -0.4 is 5.32 Å². The number of nitrogens with one attached hydrogen (secondary N) is 1. The molecule has 3 rings (SSSR count). The number of anilines is 1. The van der Waals surface area contributed by atoms with E-state index in [1.807, 2.05) is 6.07 Å². The van der Waals surface area contributed by atoms with Crippen LogP contribution in [0.3, 0.4) is 0 Å². The molecule has 0 radical (unpaired) electrons. The number of benzene rings is 1. The van der Waals surface area contributed by atoms with Crippen LogP contribution in [0.5, 0.6) is 0 Å². The van der Waals surface area contributed by atoms with Gasteiger partial charge < -0.3 is 14.3 Å². The molecule has 0 aliphatic heterocycles. The van der Waals surface area contributed by atoms with Crippen LogP contribution in [0.25, 0.3) is 0 Å². The number of rotatable bonds is 7. The summed E-state index contributed by atoms with van der Waals surface area (Å²) in [6, 6.07) is 9.91. The van der Waals surface area contributed by atoms with Gasteiger partial charge >= 0.3 is 0 Å². The Hall–Kier alpha value is -2.59. The highest BCUT2D eigenvalue weighted by Crippen LogP contribution is 2.22. The van der Waals surface area contributed by atoms with Crippen molar-refractivity contribution in [3.63, 3.8) is 0 Å². The quantitative estimate of drug-likeness (QED) is 0.613. The second kappa shape index (κ2) is 7.75. The molecule has 1 aromatic carbocycles. The van der Waals surface area contributed by atoms with E-state index in [0.717, 1.165) is 12.0 Å². The zero-order valence-electron chi connectivity index (χ0n) is 13.8. The number of furan rings is 1. The van der Waals surface area contributed by atoms with Crippen LogP contribution in [0.4, 0.5) is 5.69 Å². The standard InChI is InChI=1S/C16H16N4O4S2/c1-26(22,23)14-7-3-2-6-13(14)18-15(21)10-25-16-19-17-11-20(16)9-12-5-4-8-24-12/h2-8,11H,9-10H2,1H3,(H,18,21). The molecule has 0 saturated carbocycles. The summed E-state index contributed by atoms with van der Waals surface area (Å²) in [5.41, 5.74) is 0.262. The summed E-state index contributed by atoms with van der Waals surface area (Å²) in [4.78, 5) is 12.3. The van der Waals surface area contributed by atoms with Crippen molar-refractivity contribution in [2.75, 3.05) is 17.3 Å². The predicted molar refractivity (Wildman–Crippen MR) is 96.7 cm³/mol.